The summed E-state index contributed by atoms with van der Waals surface area (Å²) in [6.45, 7) is 15.8. The third-order valence-corrected chi connectivity index (χ3v) is 2.60. The normalized spacial score (nSPS) is 12.1. The molecule has 0 fully saturated rings. The summed E-state index contributed by atoms with van der Waals surface area (Å²) in [5.41, 5.74) is 3.52. The van der Waals surface area contributed by atoms with Crippen molar-refractivity contribution in [3.05, 3.63) is 66.5 Å². The molecule has 1 heteroatoms. The summed E-state index contributed by atoms with van der Waals surface area (Å²) in [5, 5.41) is 0. The first kappa shape index (κ1) is 16.4. The topological polar surface area (TPSA) is 12.9 Å². The van der Waals surface area contributed by atoms with Gasteiger partial charge >= 0.3 is 0 Å². The number of hydrogen-bond donors (Lipinski definition) is 0. The van der Waals surface area contributed by atoms with Gasteiger partial charge in [0.1, 0.15) is 0 Å². The Morgan fingerprint density at radius 2 is 2.00 bits per heavy atom. The maximum atomic E-state index is 4.41. The number of aromatic nitrogens is 1. The highest BCUT2D eigenvalue weighted by atomic mass is 14.7. The average molecular weight is 243 g/mol. The summed E-state index contributed by atoms with van der Waals surface area (Å²) in [5.74, 6) is 0.422. The summed E-state index contributed by atoms with van der Waals surface area (Å²) in [6.07, 6.45) is 8.54. The van der Waals surface area contributed by atoms with Crippen molar-refractivity contribution in [3.8, 4) is 0 Å². The second-order valence-corrected chi connectivity index (χ2v) is 4.04. The lowest BCUT2D eigenvalue weighted by molar-refractivity contribution is 0.679. The number of aryl methyl sites for hydroxylation is 1. The Bertz CT molecular complexity index is 385. The summed E-state index contributed by atoms with van der Waals surface area (Å²) in [6, 6.07) is 4.18. The Morgan fingerprint density at radius 3 is 2.44 bits per heavy atom. The molecule has 1 aromatic heterocycles. The largest absolute Gasteiger partial charge is 0.261 e. The molecule has 1 atom stereocenters. The highest BCUT2D eigenvalue weighted by Gasteiger charge is 2.07. The average Bonchev–Trinajstić information content (AvgIpc) is 2.41. The zero-order valence-electron chi connectivity index (χ0n) is 12.1. The summed E-state index contributed by atoms with van der Waals surface area (Å²) >= 11 is 0. The maximum Gasteiger partial charge on any atom is 0.0409 e. The molecule has 1 rings (SSSR count). The summed E-state index contributed by atoms with van der Waals surface area (Å²) < 4.78 is 0. The van der Waals surface area contributed by atoms with Crippen molar-refractivity contribution in [1.82, 2.24) is 4.98 Å². The SMILES string of the molecule is C=C/C=C(\C=C)C(C)Cc1ccc(C)cn1.CC. The highest BCUT2D eigenvalue weighted by Crippen LogP contribution is 2.16. The molecule has 1 aromatic rings. The molecule has 0 N–H and O–H groups in total. The molecule has 0 spiro atoms. The van der Waals surface area contributed by atoms with Crippen molar-refractivity contribution in [1.29, 1.82) is 0 Å². The standard InChI is InChI=1S/C15H19N.C2H6/c1-5-7-14(6-2)13(4)10-15-9-8-12(3)11-16-15;1-2/h5-9,11,13H,1-2,10H2,3-4H3;1-2H3/b14-7+;. The number of allylic oxidation sites excluding steroid dienone is 4. The lowest BCUT2D eigenvalue weighted by Crippen LogP contribution is -2.03. The van der Waals surface area contributed by atoms with Gasteiger partial charge in [0.25, 0.3) is 0 Å². The van der Waals surface area contributed by atoms with Crippen molar-refractivity contribution in [3.63, 3.8) is 0 Å². The summed E-state index contributed by atoms with van der Waals surface area (Å²) in [4.78, 5) is 4.41. The van der Waals surface area contributed by atoms with Gasteiger partial charge in [-0.15, -0.1) is 0 Å². The van der Waals surface area contributed by atoms with Crippen LogP contribution in [0.15, 0.2) is 55.3 Å². The lowest BCUT2D eigenvalue weighted by atomic mass is 9.95. The molecule has 0 saturated carbocycles. The molecule has 0 radical (unpaired) electrons. The molecule has 0 aliphatic rings. The fraction of sp³-hybridized carbons (Fsp3) is 0.353. The molecule has 0 aliphatic heterocycles. The molecule has 1 nitrogen and oxygen atoms in total. The Kier molecular flexibility index (Phi) is 8.55. The number of rotatable bonds is 5. The van der Waals surface area contributed by atoms with E-state index < -0.39 is 0 Å². The van der Waals surface area contributed by atoms with E-state index in [1.54, 1.807) is 6.08 Å². The molecule has 0 aliphatic carbocycles. The van der Waals surface area contributed by atoms with E-state index in [4.69, 9.17) is 0 Å². The van der Waals surface area contributed by atoms with Crippen LogP contribution in [0.1, 0.15) is 32.0 Å². The van der Waals surface area contributed by atoms with Crippen LogP contribution in [0, 0.1) is 12.8 Å². The number of hydrogen-bond acceptors (Lipinski definition) is 1. The Balaban J connectivity index is 0.00000137. The molecule has 0 amide bonds. The first-order valence-electron chi connectivity index (χ1n) is 6.54. The second kappa shape index (κ2) is 9.41. The van der Waals surface area contributed by atoms with Crippen LogP contribution in [0.3, 0.4) is 0 Å². The lowest BCUT2D eigenvalue weighted by Gasteiger charge is -2.11. The monoisotopic (exact) mass is 243 g/mol. The minimum Gasteiger partial charge on any atom is -0.261 e. The van der Waals surface area contributed by atoms with Crippen LogP contribution < -0.4 is 0 Å². The van der Waals surface area contributed by atoms with Crippen molar-refractivity contribution in [2.45, 2.75) is 34.1 Å². The van der Waals surface area contributed by atoms with Gasteiger partial charge in [-0.25, -0.2) is 0 Å². The number of nitrogens with zero attached hydrogens (tertiary/aromatic N) is 1. The van der Waals surface area contributed by atoms with Gasteiger partial charge in [0, 0.05) is 11.9 Å². The van der Waals surface area contributed by atoms with Gasteiger partial charge in [-0.1, -0.05) is 58.2 Å². The Morgan fingerprint density at radius 1 is 1.33 bits per heavy atom. The summed E-state index contributed by atoms with van der Waals surface area (Å²) in [7, 11) is 0. The van der Waals surface area contributed by atoms with Crippen molar-refractivity contribution in [2.75, 3.05) is 0 Å². The molecule has 0 bridgehead atoms. The zero-order valence-corrected chi connectivity index (χ0v) is 12.1. The predicted molar refractivity (Wildman–Crippen MR) is 81.7 cm³/mol. The fourth-order valence-corrected chi connectivity index (χ4v) is 1.62. The van der Waals surface area contributed by atoms with Crippen LogP contribution in [-0.2, 0) is 6.42 Å². The minimum atomic E-state index is 0.422. The van der Waals surface area contributed by atoms with E-state index in [0.29, 0.717) is 5.92 Å². The van der Waals surface area contributed by atoms with Crippen molar-refractivity contribution < 1.29 is 0 Å². The van der Waals surface area contributed by atoms with Crippen LogP contribution >= 0.6 is 0 Å². The maximum absolute atomic E-state index is 4.41. The van der Waals surface area contributed by atoms with Gasteiger partial charge < -0.3 is 0 Å². The third kappa shape index (κ3) is 5.62. The second-order valence-electron chi connectivity index (χ2n) is 4.04. The molecule has 18 heavy (non-hydrogen) atoms. The van der Waals surface area contributed by atoms with E-state index in [0.717, 1.165) is 12.1 Å². The molecule has 0 saturated heterocycles. The van der Waals surface area contributed by atoms with E-state index in [1.165, 1.54) is 11.1 Å². The van der Waals surface area contributed by atoms with Crippen LogP contribution in [0.25, 0.3) is 0 Å². The number of pyridine rings is 1. The highest BCUT2D eigenvalue weighted by molar-refractivity contribution is 5.25. The quantitative estimate of drug-likeness (QED) is 0.671. The fourth-order valence-electron chi connectivity index (χ4n) is 1.62. The van der Waals surface area contributed by atoms with Gasteiger partial charge in [-0.05, 0) is 36.5 Å². The van der Waals surface area contributed by atoms with Crippen LogP contribution in [0.5, 0.6) is 0 Å². The van der Waals surface area contributed by atoms with E-state index in [2.05, 4.69) is 37.2 Å². The first-order chi connectivity index (χ1) is 8.67. The molecule has 1 heterocycles. The Hall–Kier alpha value is -1.63. The molecular formula is C17H25N. The van der Waals surface area contributed by atoms with Gasteiger partial charge in [-0.2, -0.15) is 0 Å². The molecular weight excluding hydrogens is 218 g/mol. The minimum absolute atomic E-state index is 0.422. The van der Waals surface area contributed by atoms with Crippen LogP contribution in [0.4, 0.5) is 0 Å². The predicted octanol–water partition coefficient (Wildman–Crippen LogP) is 4.89. The van der Waals surface area contributed by atoms with Crippen LogP contribution in [0.2, 0.25) is 0 Å². The van der Waals surface area contributed by atoms with Crippen molar-refractivity contribution in [2.24, 2.45) is 5.92 Å². The van der Waals surface area contributed by atoms with E-state index >= 15 is 0 Å². The molecule has 1 unspecified atom stereocenters. The van der Waals surface area contributed by atoms with Crippen LogP contribution in [-0.4, -0.2) is 4.98 Å². The van der Waals surface area contributed by atoms with E-state index in [1.807, 2.05) is 39.1 Å². The van der Waals surface area contributed by atoms with Gasteiger partial charge in [0.05, 0.1) is 0 Å². The van der Waals surface area contributed by atoms with E-state index in [-0.39, 0.29) is 0 Å². The van der Waals surface area contributed by atoms with Gasteiger partial charge in [0.2, 0.25) is 0 Å². The smallest absolute Gasteiger partial charge is 0.0409 e. The van der Waals surface area contributed by atoms with E-state index in [9.17, 15) is 0 Å². The first-order valence-corrected chi connectivity index (χ1v) is 6.54. The zero-order chi connectivity index (χ0) is 14.0. The van der Waals surface area contributed by atoms with Crippen molar-refractivity contribution >= 4 is 0 Å². The molecule has 98 valence electrons. The third-order valence-electron chi connectivity index (χ3n) is 2.60. The van der Waals surface area contributed by atoms with Gasteiger partial charge in [-0.3, -0.25) is 4.98 Å². The Labute approximate surface area is 112 Å². The molecule has 0 aromatic carbocycles. The van der Waals surface area contributed by atoms with Gasteiger partial charge in [0.15, 0.2) is 0 Å².